The molecule has 2 aliphatic rings. The van der Waals surface area contributed by atoms with Gasteiger partial charge in [0.1, 0.15) is 34.2 Å². The Hall–Kier alpha value is -4.81. The van der Waals surface area contributed by atoms with Crippen molar-refractivity contribution in [2.24, 2.45) is 0 Å². The van der Waals surface area contributed by atoms with Crippen molar-refractivity contribution in [3.63, 3.8) is 0 Å². The fourth-order valence-corrected chi connectivity index (χ4v) is 6.46. The molecule has 6 rings (SSSR count). The topological polar surface area (TPSA) is 116 Å². The number of hydrogen-bond donors (Lipinski definition) is 2. The number of ether oxygens (including phenoxy) is 2. The van der Waals surface area contributed by atoms with E-state index in [1.54, 1.807) is 56.1 Å². The van der Waals surface area contributed by atoms with Crippen LogP contribution in [-0.4, -0.2) is 66.2 Å². The average Bonchev–Trinajstić information content (AvgIpc) is 3.85. The molecule has 2 aromatic heterocycles. The second-order valence-corrected chi connectivity index (χ2v) is 14.8. The quantitative estimate of drug-likeness (QED) is 0.215. The summed E-state index contributed by atoms with van der Waals surface area (Å²) in [7, 11) is 0. The summed E-state index contributed by atoms with van der Waals surface area (Å²) in [5, 5.41) is 0. The van der Waals surface area contributed by atoms with E-state index in [9.17, 15) is 22.8 Å². The molecule has 13 heteroatoms. The molecule has 2 aromatic carbocycles. The van der Waals surface area contributed by atoms with Crippen molar-refractivity contribution in [1.29, 1.82) is 0 Å². The Labute approximate surface area is 289 Å². The maximum Gasteiger partial charge on any atom is 0.433 e. The van der Waals surface area contributed by atoms with Crippen molar-refractivity contribution in [1.82, 2.24) is 29.7 Å². The Morgan fingerprint density at radius 2 is 1.16 bits per heavy atom. The third-order valence-electron chi connectivity index (χ3n) is 8.68. The standard InChI is InChI=1S/C37H43F3N6O4/c1-35(2,3)49-33(47)45-19-7-9-27(45)31-41-21-26(42-31)24-15-11-22(12-16-24)23-13-17-25(18-14-23)29-30(37(38,39)40)44-32(43-29)28-10-8-20-46(28)34(48)50-36(4,5)6/h11-18,21,27-28H,7-10,19-20H2,1-6H3,(H,41,42)(H,43,44). The van der Waals surface area contributed by atoms with Crippen molar-refractivity contribution in [3.8, 4) is 33.6 Å². The second-order valence-electron chi connectivity index (χ2n) is 14.8. The van der Waals surface area contributed by atoms with Gasteiger partial charge in [0.05, 0.1) is 24.0 Å². The fraction of sp³-hybridized carbons (Fsp3) is 0.459. The Morgan fingerprint density at radius 1 is 0.700 bits per heavy atom. The van der Waals surface area contributed by atoms with E-state index in [0.29, 0.717) is 37.3 Å². The van der Waals surface area contributed by atoms with Gasteiger partial charge in [-0.2, -0.15) is 13.2 Å². The molecule has 0 bridgehead atoms. The highest BCUT2D eigenvalue weighted by Crippen LogP contribution is 2.40. The van der Waals surface area contributed by atoms with Gasteiger partial charge in [0.2, 0.25) is 0 Å². The molecule has 0 spiro atoms. The molecule has 4 aromatic rings. The smallest absolute Gasteiger partial charge is 0.433 e. The van der Waals surface area contributed by atoms with E-state index in [0.717, 1.165) is 35.2 Å². The van der Waals surface area contributed by atoms with Gasteiger partial charge in [0, 0.05) is 18.7 Å². The van der Waals surface area contributed by atoms with Gasteiger partial charge in [0.15, 0.2) is 0 Å². The van der Waals surface area contributed by atoms with E-state index in [-0.39, 0.29) is 23.7 Å². The van der Waals surface area contributed by atoms with Gasteiger partial charge in [-0.15, -0.1) is 0 Å². The van der Waals surface area contributed by atoms with Crippen molar-refractivity contribution in [3.05, 3.63) is 72.1 Å². The summed E-state index contributed by atoms with van der Waals surface area (Å²) >= 11 is 0. The molecule has 0 aliphatic carbocycles. The number of nitrogens with one attached hydrogen (secondary N) is 2. The lowest BCUT2D eigenvalue weighted by molar-refractivity contribution is -0.140. The van der Waals surface area contributed by atoms with Gasteiger partial charge in [-0.05, 0) is 83.9 Å². The number of amides is 2. The van der Waals surface area contributed by atoms with Crippen LogP contribution in [0.2, 0.25) is 0 Å². The summed E-state index contributed by atoms with van der Waals surface area (Å²) in [6.45, 7) is 11.8. The molecule has 2 fully saturated rings. The number of aromatic nitrogens is 4. The summed E-state index contributed by atoms with van der Waals surface area (Å²) in [6, 6.07) is 13.7. The van der Waals surface area contributed by atoms with E-state index in [1.807, 2.05) is 45.0 Å². The van der Waals surface area contributed by atoms with Crippen LogP contribution in [-0.2, 0) is 15.7 Å². The highest BCUT2D eigenvalue weighted by molar-refractivity contribution is 5.73. The zero-order valence-electron chi connectivity index (χ0n) is 29.1. The molecule has 266 valence electrons. The molecular formula is C37H43F3N6O4. The number of likely N-dealkylation sites (tertiary alicyclic amines) is 2. The summed E-state index contributed by atoms with van der Waals surface area (Å²) in [5.41, 5.74) is 1.22. The van der Waals surface area contributed by atoms with Crippen LogP contribution in [0.15, 0.2) is 54.7 Å². The predicted molar refractivity (Wildman–Crippen MR) is 182 cm³/mol. The van der Waals surface area contributed by atoms with Gasteiger partial charge in [-0.1, -0.05) is 48.5 Å². The van der Waals surface area contributed by atoms with Crippen LogP contribution >= 0.6 is 0 Å². The Balaban J connectivity index is 1.18. The number of rotatable bonds is 5. The first-order valence-electron chi connectivity index (χ1n) is 16.9. The number of carbonyl (C=O) groups excluding carboxylic acids is 2. The molecule has 2 N–H and O–H groups in total. The summed E-state index contributed by atoms with van der Waals surface area (Å²) in [5.74, 6) is 0.788. The van der Waals surface area contributed by atoms with Crippen molar-refractivity contribution in [2.45, 2.75) is 96.7 Å². The molecule has 0 radical (unpaired) electrons. The highest BCUT2D eigenvalue weighted by atomic mass is 19.4. The van der Waals surface area contributed by atoms with Gasteiger partial charge < -0.3 is 19.4 Å². The van der Waals surface area contributed by atoms with E-state index in [4.69, 9.17) is 9.47 Å². The van der Waals surface area contributed by atoms with Crippen LogP contribution in [0.1, 0.15) is 96.7 Å². The lowest BCUT2D eigenvalue weighted by Crippen LogP contribution is -2.36. The van der Waals surface area contributed by atoms with Crippen LogP contribution in [0.25, 0.3) is 33.6 Å². The van der Waals surface area contributed by atoms with Gasteiger partial charge in [-0.3, -0.25) is 9.80 Å². The first-order chi connectivity index (χ1) is 23.5. The van der Waals surface area contributed by atoms with Gasteiger partial charge in [0.25, 0.3) is 0 Å². The van der Waals surface area contributed by atoms with E-state index in [2.05, 4.69) is 19.9 Å². The van der Waals surface area contributed by atoms with E-state index in [1.165, 1.54) is 4.90 Å². The third kappa shape index (κ3) is 7.66. The monoisotopic (exact) mass is 692 g/mol. The van der Waals surface area contributed by atoms with E-state index < -0.39 is 35.2 Å². The molecule has 50 heavy (non-hydrogen) atoms. The largest absolute Gasteiger partial charge is 0.444 e. The van der Waals surface area contributed by atoms with Crippen LogP contribution in [0.3, 0.4) is 0 Å². The van der Waals surface area contributed by atoms with E-state index >= 15 is 0 Å². The predicted octanol–water partition coefficient (Wildman–Crippen LogP) is 9.30. The first kappa shape index (κ1) is 35.0. The lowest BCUT2D eigenvalue weighted by atomic mass is 10.0. The Morgan fingerprint density at radius 3 is 1.64 bits per heavy atom. The van der Waals surface area contributed by atoms with Crippen LogP contribution < -0.4 is 0 Å². The normalized spacial score (nSPS) is 18.5. The second kappa shape index (κ2) is 13.1. The number of aromatic amines is 2. The number of carbonyl (C=O) groups is 2. The molecular weight excluding hydrogens is 649 g/mol. The summed E-state index contributed by atoms with van der Waals surface area (Å²) < 4.78 is 53.8. The minimum Gasteiger partial charge on any atom is -0.444 e. The van der Waals surface area contributed by atoms with Crippen LogP contribution in [0.5, 0.6) is 0 Å². The molecule has 4 heterocycles. The first-order valence-corrected chi connectivity index (χ1v) is 16.9. The lowest BCUT2D eigenvalue weighted by Gasteiger charge is -2.27. The molecule has 0 saturated carbocycles. The minimum absolute atomic E-state index is 0.0859. The number of imidazole rings is 2. The third-order valence-corrected chi connectivity index (χ3v) is 8.68. The molecule has 2 unspecified atom stereocenters. The zero-order valence-corrected chi connectivity index (χ0v) is 29.1. The summed E-state index contributed by atoms with van der Waals surface area (Å²) in [4.78, 5) is 43.6. The highest BCUT2D eigenvalue weighted by Gasteiger charge is 2.41. The van der Waals surface area contributed by atoms with Crippen LogP contribution in [0.4, 0.5) is 22.8 Å². The maximum absolute atomic E-state index is 14.2. The Kier molecular flexibility index (Phi) is 9.21. The molecule has 2 aliphatic heterocycles. The zero-order chi connectivity index (χ0) is 36.0. The SMILES string of the molecule is CC(C)(C)OC(=O)N1CCCC1c1ncc(-c2ccc(-c3ccc(-c4nc(C5CCCN5C(=O)OC(C)(C)C)[nH]c4C(F)(F)F)cc3)cc2)[nH]1. The fourth-order valence-electron chi connectivity index (χ4n) is 6.46. The van der Waals surface area contributed by atoms with Crippen molar-refractivity contribution in [2.75, 3.05) is 13.1 Å². The van der Waals surface area contributed by atoms with Gasteiger partial charge >= 0.3 is 18.4 Å². The Bertz CT molecular complexity index is 1830. The molecule has 2 atom stereocenters. The minimum atomic E-state index is -4.68. The summed E-state index contributed by atoms with van der Waals surface area (Å²) in [6.07, 6.45) is -1.10. The van der Waals surface area contributed by atoms with Crippen molar-refractivity contribution >= 4 is 12.2 Å². The number of nitrogens with zero attached hydrogens (tertiary/aromatic N) is 4. The van der Waals surface area contributed by atoms with Gasteiger partial charge in [-0.25, -0.2) is 19.6 Å². The number of benzene rings is 2. The number of hydrogen-bond acceptors (Lipinski definition) is 6. The average molecular weight is 693 g/mol. The molecule has 2 amide bonds. The van der Waals surface area contributed by atoms with Crippen LogP contribution in [0, 0.1) is 0 Å². The van der Waals surface area contributed by atoms with Crippen molar-refractivity contribution < 1.29 is 32.2 Å². The number of alkyl halides is 3. The maximum atomic E-state index is 14.2. The molecule has 2 saturated heterocycles. The number of halogens is 3. The number of H-pyrrole nitrogens is 2. The molecule has 10 nitrogen and oxygen atoms in total.